The van der Waals surface area contributed by atoms with Crippen molar-refractivity contribution in [3.05, 3.63) is 36.5 Å². The molecule has 0 heterocycles. The van der Waals surface area contributed by atoms with Crippen LogP contribution in [0.4, 0.5) is 0 Å². The van der Waals surface area contributed by atoms with Gasteiger partial charge in [0.25, 0.3) is 0 Å². The molecule has 2 unspecified atom stereocenters. The fourth-order valence-electron chi connectivity index (χ4n) is 11.4. The van der Waals surface area contributed by atoms with Gasteiger partial charge in [-0.3, -0.25) is 37.3 Å². The Kier molecular flexibility index (Phi) is 70.6. The van der Waals surface area contributed by atoms with Gasteiger partial charge in [-0.1, -0.05) is 295 Å². The number of phosphoric ester groups is 2. The molecular formula is C79H148O17P2. The minimum absolute atomic E-state index is 0.0898. The fourth-order valence-corrected chi connectivity index (χ4v) is 13.0. The number of hydrogen-bond donors (Lipinski definition) is 3. The standard InChI is InChI=1S/C79H148O17P2/c1-5-9-13-17-21-25-29-33-36-40-44-48-52-56-60-64-77(82)90-70-75(96-79(84)66-62-58-54-50-46-42-38-35-31-27-23-19-15-11-7-3)72-94-98(87,88)92-68-73(80)67-91-97(85,86)93-71-74(69-89-76(81)63-59-55-51-47-43-39-32-28-24-20-16-12-8-4)95-78(83)65-61-57-53-49-45-41-37-34-30-26-22-18-14-10-6-2/h27-28,31-32,34,37,73-75,80H,5-26,29-30,33,35-36,38-72H2,1-4H3,(H,85,86)(H,87,88)/b31-27-,32-28-,37-34-/t73-,74-,75-/m1/s1. The molecule has 576 valence electrons. The smallest absolute Gasteiger partial charge is 0.462 e. The van der Waals surface area contributed by atoms with Crippen molar-refractivity contribution in [2.75, 3.05) is 39.6 Å². The van der Waals surface area contributed by atoms with Gasteiger partial charge in [0.1, 0.15) is 19.3 Å². The quantitative estimate of drug-likeness (QED) is 0.0169. The summed E-state index contributed by atoms with van der Waals surface area (Å²) < 4.78 is 68.6. The van der Waals surface area contributed by atoms with Crippen LogP contribution in [0.1, 0.15) is 387 Å². The first-order chi connectivity index (χ1) is 47.7. The highest BCUT2D eigenvalue weighted by Gasteiger charge is 2.30. The first-order valence-electron chi connectivity index (χ1n) is 40.2. The minimum Gasteiger partial charge on any atom is -0.462 e. The van der Waals surface area contributed by atoms with Crippen LogP contribution in [0.2, 0.25) is 0 Å². The van der Waals surface area contributed by atoms with Gasteiger partial charge in [0.2, 0.25) is 0 Å². The number of unbranched alkanes of at least 4 members (excludes halogenated alkanes) is 45. The minimum atomic E-state index is -4.97. The van der Waals surface area contributed by atoms with Gasteiger partial charge in [0.05, 0.1) is 26.4 Å². The molecule has 0 amide bonds. The summed E-state index contributed by atoms with van der Waals surface area (Å²) in [5.41, 5.74) is 0. The normalized spacial score (nSPS) is 14.1. The molecule has 0 aromatic heterocycles. The second kappa shape index (κ2) is 72.6. The van der Waals surface area contributed by atoms with E-state index in [1.54, 1.807) is 0 Å². The van der Waals surface area contributed by atoms with Gasteiger partial charge < -0.3 is 33.8 Å². The number of aliphatic hydroxyl groups excluding tert-OH is 1. The molecule has 19 heteroatoms. The van der Waals surface area contributed by atoms with E-state index in [0.717, 1.165) is 148 Å². The number of phosphoric acid groups is 2. The molecule has 0 fully saturated rings. The van der Waals surface area contributed by atoms with Crippen molar-refractivity contribution in [3.8, 4) is 0 Å². The van der Waals surface area contributed by atoms with Crippen LogP contribution in [-0.2, 0) is 65.4 Å². The Labute approximate surface area is 598 Å². The van der Waals surface area contributed by atoms with Gasteiger partial charge >= 0.3 is 39.5 Å². The predicted octanol–water partition coefficient (Wildman–Crippen LogP) is 23.1. The summed E-state index contributed by atoms with van der Waals surface area (Å²) in [6.45, 7) is 4.91. The van der Waals surface area contributed by atoms with Crippen molar-refractivity contribution in [1.29, 1.82) is 0 Å². The summed E-state index contributed by atoms with van der Waals surface area (Å²) in [7, 11) is -9.93. The van der Waals surface area contributed by atoms with Gasteiger partial charge in [-0.05, 0) is 103 Å². The third-order valence-corrected chi connectivity index (χ3v) is 19.5. The molecule has 0 aliphatic rings. The summed E-state index contributed by atoms with van der Waals surface area (Å²) >= 11 is 0. The van der Waals surface area contributed by atoms with Crippen molar-refractivity contribution in [1.82, 2.24) is 0 Å². The molecule has 98 heavy (non-hydrogen) atoms. The lowest BCUT2D eigenvalue weighted by Crippen LogP contribution is -2.30. The number of rotatable bonds is 77. The Morgan fingerprint density at radius 3 is 0.714 bits per heavy atom. The first kappa shape index (κ1) is 95.3. The predicted molar refractivity (Wildman–Crippen MR) is 400 cm³/mol. The molecule has 0 bridgehead atoms. The topological polar surface area (TPSA) is 237 Å². The number of ether oxygens (including phenoxy) is 4. The summed E-state index contributed by atoms with van der Waals surface area (Å²) in [5, 5.41) is 10.6. The zero-order valence-corrected chi connectivity index (χ0v) is 64.8. The van der Waals surface area contributed by atoms with Crippen LogP contribution in [0.15, 0.2) is 36.5 Å². The van der Waals surface area contributed by atoms with E-state index in [-0.39, 0.29) is 25.7 Å². The Balaban J connectivity index is 5.31. The average molecular weight is 1430 g/mol. The molecule has 0 aromatic carbocycles. The molecule has 3 N–H and O–H groups in total. The van der Waals surface area contributed by atoms with Gasteiger partial charge in [0.15, 0.2) is 12.2 Å². The molecule has 0 saturated carbocycles. The van der Waals surface area contributed by atoms with Crippen LogP contribution in [0.25, 0.3) is 0 Å². The van der Waals surface area contributed by atoms with Crippen LogP contribution in [-0.4, -0.2) is 96.7 Å². The lowest BCUT2D eigenvalue weighted by molar-refractivity contribution is -0.161. The zero-order valence-electron chi connectivity index (χ0n) is 63.0. The van der Waals surface area contributed by atoms with Gasteiger partial charge in [0, 0.05) is 25.7 Å². The lowest BCUT2D eigenvalue weighted by atomic mass is 10.0. The molecule has 5 atom stereocenters. The van der Waals surface area contributed by atoms with Crippen molar-refractivity contribution in [2.45, 2.75) is 406 Å². The summed E-state index contributed by atoms with van der Waals surface area (Å²) in [4.78, 5) is 72.9. The van der Waals surface area contributed by atoms with E-state index in [2.05, 4.69) is 64.2 Å². The van der Waals surface area contributed by atoms with E-state index in [4.69, 9.17) is 37.0 Å². The summed E-state index contributed by atoms with van der Waals surface area (Å²) in [6, 6.07) is 0. The van der Waals surface area contributed by atoms with Crippen LogP contribution < -0.4 is 0 Å². The van der Waals surface area contributed by atoms with E-state index >= 15 is 0 Å². The van der Waals surface area contributed by atoms with Crippen LogP contribution in [0, 0.1) is 0 Å². The van der Waals surface area contributed by atoms with Crippen LogP contribution >= 0.6 is 15.6 Å². The number of carbonyl (C=O) groups is 4. The Hall–Kier alpha value is -2.72. The SMILES string of the molecule is CCCCCC/C=C\CCCCCCCCCC(=O)O[C@H](COC(=O)CCCCCCCCCCCCCCCCC)COP(=O)(O)OC[C@H](O)COP(=O)(O)OC[C@@H](COC(=O)CCCCCCC/C=C\CCCCCC)OC(=O)CCCCCCC/C=C\CCCCCCCC. The second-order valence-electron chi connectivity index (χ2n) is 27.4. The monoisotopic (exact) mass is 1430 g/mol. The molecule has 17 nitrogen and oxygen atoms in total. The molecule has 0 saturated heterocycles. The highest BCUT2D eigenvalue weighted by molar-refractivity contribution is 7.47. The number of aliphatic hydroxyl groups is 1. The van der Waals surface area contributed by atoms with Crippen molar-refractivity contribution < 1.29 is 80.2 Å². The third kappa shape index (κ3) is 71.7. The Morgan fingerprint density at radius 1 is 0.276 bits per heavy atom. The lowest BCUT2D eigenvalue weighted by Gasteiger charge is -2.21. The highest BCUT2D eigenvalue weighted by Crippen LogP contribution is 2.45. The molecule has 0 radical (unpaired) electrons. The fraction of sp³-hybridized carbons (Fsp3) is 0.873. The Morgan fingerprint density at radius 2 is 0.469 bits per heavy atom. The largest absolute Gasteiger partial charge is 0.472 e. The molecule has 0 aromatic rings. The van der Waals surface area contributed by atoms with Gasteiger partial charge in [-0.15, -0.1) is 0 Å². The number of allylic oxidation sites excluding steroid dienone is 6. The molecule has 0 spiro atoms. The average Bonchev–Trinajstić information content (AvgIpc) is 1.04. The first-order valence-corrected chi connectivity index (χ1v) is 43.2. The van der Waals surface area contributed by atoms with E-state index < -0.39 is 97.5 Å². The van der Waals surface area contributed by atoms with Crippen molar-refractivity contribution in [3.63, 3.8) is 0 Å². The maximum atomic E-state index is 13.1. The van der Waals surface area contributed by atoms with Crippen LogP contribution in [0.3, 0.4) is 0 Å². The van der Waals surface area contributed by atoms with Gasteiger partial charge in [-0.2, -0.15) is 0 Å². The maximum Gasteiger partial charge on any atom is 0.472 e. The molecular weight excluding hydrogens is 1280 g/mol. The van der Waals surface area contributed by atoms with Crippen LogP contribution in [0.5, 0.6) is 0 Å². The molecule has 0 aliphatic carbocycles. The Bertz CT molecular complexity index is 2000. The van der Waals surface area contributed by atoms with E-state index in [0.29, 0.717) is 25.7 Å². The maximum absolute atomic E-state index is 13.1. The third-order valence-electron chi connectivity index (χ3n) is 17.6. The number of carbonyl (C=O) groups excluding carboxylic acids is 4. The summed E-state index contributed by atoms with van der Waals surface area (Å²) in [6.07, 6.45) is 68.3. The van der Waals surface area contributed by atoms with Crippen molar-refractivity contribution >= 4 is 39.5 Å². The van der Waals surface area contributed by atoms with E-state index in [9.17, 15) is 43.2 Å². The number of esters is 4. The van der Waals surface area contributed by atoms with E-state index in [1.807, 2.05) is 0 Å². The van der Waals surface area contributed by atoms with Gasteiger partial charge in [-0.25, -0.2) is 9.13 Å². The molecule has 0 aliphatic heterocycles. The van der Waals surface area contributed by atoms with Crippen molar-refractivity contribution in [2.24, 2.45) is 0 Å². The number of hydrogen-bond acceptors (Lipinski definition) is 15. The summed E-state index contributed by atoms with van der Waals surface area (Å²) in [5.74, 6) is -2.15. The zero-order chi connectivity index (χ0) is 71.8. The molecule has 0 rings (SSSR count). The van der Waals surface area contributed by atoms with E-state index in [1.165, 1.54) is 161 Å². The second-order valence-corrected chi connectivity index (χ2v) is 30.3. The highest BCUT2D eigenvalue weighted by atomic mass is 31.2.